The van der Waals surface area contributed by atoms with Crippen molar-refractivity contribution in [3.63, 3.8) is 0 Å². The van der Waals surface area contributed by atoms with E-state index >= 15 is 0 Å². The van der Waals surface area contributed by atoms with E-state index in [-0.39, 0.29) is 17.9 Å². The number of fused-ring (bicyclic) bond motifs is 1. The fourth-order valence-corrected chi connectivity index (χ4v) is 5.12. The summed E-state index contributed by atoms with van der Waals surface area (Å²) in [7, 11) is 1.59. The molecule has 2 aromatic rings. The summed E-state index contributed by atoms with van der Waals surface area (Å²) in [6.07, 6.45) is 4.28. The Morgan fingerprint density at radius 2 is 2.04 bits per heavy atom. The smallest absolute Gasteiger partial charge is 0.263 e. The van der Waals surface area contributed by atoms with Crippen molar-refractivity contribution in [1.82, 2.24) is 20.1 Å². The van der Waals surface area contributed by atoms with Gasteiger partial charge < -0.3 is 16.0 Å². The molecule has 144 valence electrons. The van der Waals surface area contributed by atoms with Crippen LogP contribution < -0.4 is 11.1 Å². The predicted molar refractivity (Wildman–Crippen MR) is 107 cm³/mol. The minimum atomic E-state index is -0.194. The van der Waals surface area contributed by atoms with Gasteiger partial charge in [-0.15, -0.1) is 11.3 Å². The molecule has 0 saturated carbocycles. The fourth-order valence-electron chi connectivity index (χ4n) is 4.07. The van der Waals surface area contributed by atoms with E-state index in [4.69, 9.17) is 10.7 Å². The zero-order valence-corrected chi connectivity index (χ0v) is 16.3. The zero-order chi connectivity index (χ0) is 19.0. The molecule has 2 aliphatic rings. The molecule has 0 unspecified atom stereocenters. The van der Waals surface area contributed by atoms with E-state index in [0.29, 0.717) is 17.1 Å². The van der Waals surface area contributed by atoms with Crippen molar-refractivity contribution in [3.8, 4) is 0 Å². The first-order chi connectivity index (χ1) is 13.1. The lowest BCUT2D eigenvalue weighted by molar-refractivity contribution is -0.133. The van der Waals surface area contributed by atoms with Crippen LogP contribution in [0.3, 0.4) is 0 Å². The molecule has 1 atom stereocenters. The third kappa shape index (κ3) is 3.39. The average molecular weight is 388 g/mol. The van der Waals surface area contributed by atoms with Crippen LogP contribution in [0.25, 0.3) is 10.2 Å². The van der Waals surface area contributed by atoms with Crippen molar-refractivity contribution >= 4 is 39.1 Å². The minimum Gasteiger partial charge on any atom is -0.397 e. The maximum Gasteiger partial charge on any atom is 0.263 e. The molecular formula is C19H25N5O2S. The number of carbonyl (C=O) groups is 2. The van der Waals surface area contributed by atoms with Crippen LogP contribution in [0.5, 0.6) is 0 Å². The predicted octanol–water partition coefficient (Wildman–Crippen LogP) is 2.00. The highest BCUT2D eigenvalue weighted by Gasteiger charge is 2.32. The molecule has 27 heavy (non-hydrogen) atoms. The molecule has 0 spiro atoms. The first-order valence-corrected chi connectivity index (χ1v) is 10.3. The summed E-state index contributed by atoms with van der Waals surface area (Å²) in [5.41, 5.74) is 7.49. The van der Waals surface area contributed by atoms with Crippen LogP contribution in [0, 0.1) is 0 Å². The quantitative estimate of drug-likeness (QED) is 0.837. The van der Waals surface area contributed by atoms with Gasteiger partial charge in [-0.3, -0.25) is 14.5 Å². The zero-order valence-electron chi connectivity index (χ0n) is 15.5. The molecule has 4 rings (SSSR count). The first-order valence-electron chi connectivity index (χ1n) is 9.51. The number of nitrogen functional groups attached to an aromatic ring is 1. The second-order valence-corrected chi connectivity index (χ2v) is 8.24. The molecule has 0 aliphatic carbocycles. The Bertz CT molecular complexity index is 874. The molecule has 0 radical (unpaired) electrons. The SMILES string of the molecule is CNC(=O)c1sc2nc([C@@H]3CCCN3C(=O)CN3CCCC3)ccc2c1N. The third-order valence-electron chi connectivity index (χ3n) is 5.52. The largest absolute Gasteiger partial charge is 0.397 e. The molecule has 7 nitrogen and oxygen atoms in total. The van der Waals surface area contributed by atoms with Crippen molar-refractivity contribution in [2.45, 2.75) is 31.7 Å². The normalized spacial score (nSPS) is 20.5. The van der Waals surface area contributed by atoms with Crippen molar-refractivity contribution in [2.75, 3.05) is 39.0 Å². The summed E-state index contributed by atoms with van der Waals surface area (Å²) in [6.45, 7) is 3.33. The molecule has 2 saturated heterocycles. The van der Waals surface area contributed by atoms with Gasteiger partial charge in [0, 0.05) is 19.0 Å². The Labute approximate surface area is 162 Å². The highest BCUT2D eigenvalue weighted by Crippen LogP contribution is 2.36. The molecule has 3 N–H and O–H groups in total. The van der Waals surface area contributed by atoms with Gasteiger partial charge in [0.15, 0.2) is 0 Å². The lowest BCUT2D eigenvalue weighted by Crippen LogP contribution is -2.39. The summed E-state index contributed by atoms with van der Waals surface area (Å²) in [4.78, 5) is 35.0. The van der Waals surface area contributed by atoms with Crippen LogP contribution >= 0.6 is 11.3 Å². The van der Waals surface area contributed by atoms with Crippen LogP contribution in [-0.4, -0.2) is 59.8 Å². The lowest BCUT2D eigenvalue weighted by atomic mass is 10.1. The number of thiophene rings is 1. The number of nitrogens with two attached hydrogens (primary N) is 1. The van der Waals surface area contributed by atoms with Gasteiger partial charge in [-0.25, -0.2) is 4.98 Å². The van der Waals surface area contributed by atoms with Gasteiger partial charge in [-0.05, 0) is 50.9 Å². The highest BCUT2D eigenvalue weighted by atomic mass is 32.1. The molecule has 2 aliphatic heterocycles. The minimum absolute atomic E-state index is 0.0104. The van der Waals surface area contributed by atoms with Crippen LogP contribution in [0.15, 0.2) is 12.1 Å². The molecular weight excluding hydrogens is 362 g/mol. The third-order valence-corrected chi connectivity index (χ3v) is 6.63. The molecule has 2 aromatic heterocycles. The van der Waals surface area contributed by atoms with Crippen LogP contribution in [-0.2, 0) is 4.79 Å². The number of hydrogen-bond acceptors (Lipinski definition) is 6. The maximum absolute atomic E-state index is 12.8. The van der Waals surface area contributed by atoms with Gasteiger partial charge in [0.2, 0.25) is 5.91 Å². The summed E-state index contributed by atoms with van der Waals surface area (Å²) >= 11 is 1.31. The summed E-state index contributed by atoms with van der Waals surface area (Å²) < 4.78 is 0. The Morgan fingerprint density at radius 1 is 1.26 bits per heavy atom. The summed E-state index contributed by atoms with van der Waals surface area (Å²) in [6, 6.07) is 3.89. The standard InChI is InChI=1S/C19H25N5O2S/c1-21-18(26)17-16(20)12-6-7-13(22-19(12)27-17)14-5-4-10-24(14)15(25)11-23-8-2-3-9-23/h6-7,14H,2-5,8-11,20H2,1H3,(H,21,26)/t14-/m0/s1. The van der Waals surface area contributed by atoms with E-state index in [1.54, 1.807) is 7.05 Å². The fraction of sp³-hybridized carbons (Fsp3) is 0.526. The van der Waals surface area contributed by atoms with Gasteiger partial charge in [-0.2, -0.15) is 0 Å². The van der Waals surface area contributed by atoms with Crippen molar-refractivity contribution in [2.24, 2.45) is 0 Å². The Hall–Kier alpha value is -2.19. The number of pyridine rings is 1. The monoisotopic (exact) mass is 387 g/mol. The second-order valence-electron chi connectivity index (χ2n) is 7.24. The van der Waals surface area contributed by atoms with E-state index in [9.17, 15) is 9.59 Å². The van der Waals surface area contributed by atoms with Crippen molar-refractivity contribution in [1.29, 1.82) is 0 Å². The van der Waals surface area contributed by atoms with E-state index in [1.165, 1.54) is 24.2 Å². The number of aromatic nitrogens is 1. The Morgan fingerprint density at radius 3 is 2.78 bits per heavy atom. The van der Waals surface area contributed by atoms with E-state index < -0.39 is 0 Å². The second kappa shape index (κ2) is 7.44. The summed E-state index contributed by atoms with van der Waals surface area (Å²) in [5.74, 6) is -0.00151. The van der Waals surface area contributed by atoms with Gasteiger partial charge in [0.1, 0.15) is 9.71 Å². The first kappa shape index (κ1) is 18.2. The van der Waals surface area contributed by atoms with Crippen LogP contribution in [0.2, 0.25) is 0 Å². The number of amides is 2. The van der Waals surface area contributed by atoms with E-state index in [1.807, 2.05) is 17.0 Å². The van der Waals surface area contributed by atoms with E-state index in [0.717, 1.165) is 48.4 Å². The molecule has 4 heterocycles. The maximum atomic E-state index is 12.8. The number of nitrogens with one attached hydrogen (secondary N) is 1. The number of rotatable bonds is 4. The number of hydrogen-bond donors (Lipinski definition) is 2. The molecule has 2 fully saturated rings. The molecule has 0 bridgehead atoms. The Kier molecular flexibility index (Phi) is 5.01. The summed E-state index contributed by atoms with van der Waals surface area (Å²) in [5, 5.41) is 3.42. The van der Waals surface area contributed by atoms with Crippen LogP contribution in [0.1, 0.15) is 47.1 Å². The van der Waals surface area contributed by atoms with E-state index in [2.05, 4.69) is 10.2 Å². The van der Waals surface area contributed by atoms with Gasteiger partial charge in [-0.1, -0.05) is 0 Å². The number of anilines is 1. The van der Waals surface area contributed by atoms with Gasteiger partial charge >= 0.3 is 0 Å². The lowest BCUT2D eigenvalue weighted by Gasteiger charge is -2.26. The molecule has 2 amide bonds. The topological polar surface area (TPSA) is 91.6 Å². The van der Waals surface area contributed by atoms with Crippen LogP contribution in [0.4, 0.5) is 5.69 Å². The van der Waals surface area contributed by atoms with Gasteiger partial charge in [0.25, 0.3) is 5.91 Å². The van der Waals surface area contributed by atoms with Crippen molar-refractivity contribution in [3.05, 3.63) is 22.7 Å². The molecule has 0 aromatic carbocycles. The number of likely N-dealkylation sites (tertiary alicyclic amines) is 2. The number of nitrogens with zero attached hydrogens (tertiary/aromatic N) is 3. The Balaban J connectivity index is 1.58. The highest BCUT2D eigenvalue weighted by molar-refractivity contribution is 7.21. The van der Waals surface area contributed by atoms with Gasteiger partial charge in [0.05, 0.1) is 24.0 Å². The van der Waals surface area contributed by atoms with Crippen molar-refractivity contribution < 1.29 is 9.59 Å². The average Bonchev–Trinajstić information content (AvgIpc) is 3.41. The molecule has 8 heteroatoms. The number of carbonyl (C=O) groups excluding carboxylic acids is 2.